The summed E-state index contributed by atoms with van der Waals surface area (Å²) in [4.78, 5) is 17.1. The third-order valence-corrected chi connectivity index (χ3v) is 5.42. The first-order valence-electron chi connectivity index (χ1n) is 9.56. The normalized spacial score (nSPS) is 20.8. The summed E-state index contributed by atoms with van der Waals surface area (Å²) in [5, 5.41) is 3.40. The topological polar surface area (TPSA) is 35.6 Å². The number of amides is 1. The molecular formula is C20H31N3O. The lowest BCUT2D eigenvalue weighted by Gasteiger charge is -2.25. The highest BCUT2D eigenvalue weighted by atomic mass is 16.2. The van der Waals surface area contributed by atoms with Crippen molar-refractivity contribution in [1.82, 2.24) is 15.1 Å². The lowest BCUT2D eigenvalue weighted by Crippen LogP contribution is -2.35. The molecule has 2 heterocycles. The third-order valence-electron chi connectivity index (χ3n) is 5.42. The quantitative estimate of drug-likeness (QED) is 0.901. The van der Waals surface area contributed by atoms with Gasteiger partial charge in [-0.2, -0.15) is 0 Å². The Kier molecular flexibility index (Phi) is 6.67. The first kappa shape index (κ1) is 17.4. The maximum atomic E-state index is 12.6. The average molecular weight is 329 g/mol. The van der Waals surface area contributed by atoms with Crippen molar-refractivity contribution in [2.75, 3.05) is 39.3 Å². The fourth-order valence-electron chi connectivity index (χ4n) is 3.88. The van der Waals surface area contributed by atoms with Gasteiger partial charge in [0.2, 0.25) is 5.91 Å². The Labute approximate surface area is 146 Å². The van der Waals surface area contributed by atoms with Crippen LogP contribution in [0.25, 0.3) is 0 Å². The first-order chi connectivity index (χ1) is 11.8. The molecule has 0 atom stereocenters. The van der Waals surface area contributed by atoms with Crippen molar-refractivity contribution in [3.05, 3.63) is 35.9 Å². The molecule has 4 heteroatoms. The zero-order valence-electron chi connectivity index (χ0n) is 14.8. The molecule has 2 aliphatic heterocycles. The Morgan fingerprint density at radius 2 is 1.83 bits per heavy atom. The largest absolute Gasteiger partial charge is 0.341 e. The average Bonchev–Trinajstić information content (AvgIpc) is 2.87. The summed E-state index contributed by atoms with van der Waals surface area (Å²) in [6.07, 6.45) is 5.37. The molecule has 1 N–H and O–H groups in total. The standard InChI is InChI=1S/C20H31N3O/c24-20(8-7-18-9-11-21-12-10-18)23-14-4-13-22(15-16-23)17-19-5-2-1-3-6-19/h1-3,5-6,18,21H,4,7-17H2. The highest BCUT2D eigenvalue weighted by Gasteiger charge is 2.21. The van der Waals surface area contributed by atoms with Crippen molar-refractivity contribution in [3.63, 3.8) is 0 Å². The van der Waals surface area contributed by atoms with E-state index in [2.05, 4.69) is 45.4 Å². The predicted octanol–water partition coefficient (Wildman–Crippen LogP) is 2.50. The van der Waals surface area contributed by atoms with Crippen LogP contribution in [-0.4, -0.2) is 55.0 Å². The van der Waals surface area contributed by atoms with Gasteiger partial charge in [0, 0.05) is 39.1 Å². The van der Waals surface area contributed by atoms with Crippen molar-refractivity contribution < 1.29 is 4.79 Å². The predicted molar refractivity (Wildman–Crippen MR) is 97.7 cm³/mol. The molecule has 0 saturated carbocycles. The van der Waals surface area contributed by atoms with Gasteiger partial charge in [-0.15, -0.1) is 0 Å². The van der Waals surface area contributed by atoms with Crippen LogP contribution in [0.3, 0.4) is 0 Å². The van der Waals surface area contributed by atoms with Crippen molar-refractivity contribution in [1.29, 1.82) is 0 Å². The van der Waals surface area contributed by atoms with Gasteiger partial charge in [-0.1, -0.05) is 30.3 Å². The number of nitrogens with one attached hydrogen (secondary N) is 1. The van der Waals surface area contributed by atoms with Crippen LogP contribution < -0.4 is 5.32 Å². The zero-order chi connectivity index (χ0) is 16.6. The summed E-state index contributed by atoms with van der Waals surface area (Å²) in [5.74, 6) is 1.12. The number of benzene rings is 1. The van der Waals surface area contributed by atoms with Gasteiger partial charge < -0.3 is 10.2 Å². The van der Waals surface area contributed by atoms with Crippen LogP contribution in [0.15, 0.2) is 30.3 Å². The number of carbonyl (C=O) groups is 1. The summed E-state index contributed by atoms with van der Waals surface area (Å²) in [5.41, 5.74) is 1.36. The number of nitrogens with zero attached hydrogens (tertiary/aromatic N) is 2. The van der Waals surface area contributed by atoms with E-state index in [0.717, 1.165) is 71.0 Å². The van der Waals surface area contributed by atoms with Gasteiger partial charge in [0.25, 0.3) is 0 Å². The molecule has 0 spiro atoms. The molecule has 2 aliphatic rings. The molecule has 0 bridgehead atoms. The fraction of sp³-hybridized carbons (Fsp3) is 0.650. The Bertz CT molecular complexity index is 499. The van der Waals surface area contributed by atoms with E-state index in [4.69, 9.17) is 0 Å². The molecule has 3 rings (SSSR count). The lowest BCUT2D eigenvalue weighted by molar-refractivity contribution is -0.131. The van der Waals surface area contributed by atoms with Gasteiger partial charge >= 0.3 is 0 Å². The first-order valence-corrected chi connectivity index (χ1v) is 9.56. The molecule has 2 fully saturated rings. The van der Waals surface area contributed by atoms with Gasteiger partial charge in [-0.25, -0.2) is 0 Å². The molecule has 132 valence electrons. The van der Waals surface area contributed by atoms with Crippen molar-refractivity contribution >= 4 is 5.91 Å². The molecular weight excluding hydrogens is 298 g/mol. The highest BCUT2D eigenvalue weighted by molar-refractivity contribution is 5.76. The van der Waals surface area contributed by atoms with Crippen LogP contribution in [0.2, 0.25) is 0 Å². The molecule has 0 radical (unpaired) electrons. The van der Waals surface area contributed by atoms with Crippen molar-refractivity contribution in [3.8, 4) is 0 Å². The van der Waals surface area contributed by atoms with Crippen LogP contribution in [0, 0.1) is 5.92 Å². The lowest BCUT2D eigenvalue weighted by atomic mass is 9.93. The third kappa shape index (κ3) is 5.32. The van der Waals surface area contributed by atoms with E-state index in [-0.39, 0.29) is 0 Å². The number of carbonyl (C=O) groups excluding carboxylic acids is 1. The summed E-state index contributed by atoms with van der Waals surface area (Å²) in [6, 6.07) is 10.6. The smallest absolute Gasteiger partial charge is 0.222 e. The molecule has 2 saturated heterocycles. The summed E-state index contributed by atoms with van der Waals surface area (Å²) >= 11 is 0. The van der Waals surface area contributed by atoms with Crippen LogP contribution in [-0.2, 0) is 11.3 Å². The van der Waals surface area contributed by atoms with Crippen molar-refractivity contribution in [2.24, 2.45) is 5.92 Å². The second-order valence-corrected chi connectivity index (χ2v) is 7.23. The fourth-order valence-corrected chi connectivity index (χ4v) is 3.88. The molecule has 4 nitrogen and oxygen atoms in total. The minimum Gasteiger partial charge on any atom is -0.341 e. The van der Waals surface area contributed by atoms with Crippen LogP contribution in [0.5, 0.6) is 0 Å². The highest BCUT2D eigenvalue weighted by Crippen LogP contribution is 2.19. The molecule has 1 aromatic rings. The Morgan fingerprint density at radius 1 is 1.04 bits per heavy atom. The summed E-state index contributed by atoms with van der Waals surface area (Å²) in [6.45, 7) is 7.14. The van der Waals surface area contributed by atoms with Gasteiger partial charge in [0.05, 0.1) is 0 Å². The second-order valence-electron chi connectivity index (χ2n) is 7.23. The Hall–Kier alpha value is -1.39. The van der Waals surface area contributed by atoms with E-state index in [1.54, 1.807) is 0 Å². The number of rotatable bonds is 5. The van der Waals surface area contributed by atoms with E-state index in [9.17, 15) is 4.79 Å². The summed E-state index contributed by atoms with van der Waals surface area (Å²) < 4.78 is 0. The van der Waals surface area contributed by atoms with Gasteiger partial charge in [0.15, 0.2) is 0 Å². The SMILES string of the molecule is O=C(CCC1CCNCC1)N1CCCN(Cc2ccccc2)CC1. The van der Waals surface area contributed by atoms with Gasteiger partial charge in [-0.3, -0.25) is 9.69 Å². The van der Waals surface area contributed by atoms with E-state index >= 15 is 0 Å². The Balaban J connectivity index is 1.41. The van der Waals surface area contributed by atoms with Crippen LogP contribution in [0.4, 0.5) is 0 Å². The van der Waals surface area contributed by atoms with E-state index < -0.39 is 0 Å². The molecule has 0 aromatic heterocycles. The van der Waals surface area contributed by atoms with Gasteiger partial charge in [0.1, 0.15) is 0 Å². The minimum absolute atomic E-state index is 0.370. The number of piperidine rings is 1. The van der Waals surface area contributed by atoms with Gasteiger partial charge in [-0.05, 0) is 50.3 Å². The van der Waals surface area contributed by atoms with E-state index in [1.807, 2.05) is 0 Å². The van der Waals surface area contributed by atoms with Crippen LogP contribution >= 0.6 is 0 Å². The summed E-state index contributed by atoms with van der Waals surface area (Å²) in [7, 11) is 0. The van der Waals surface area contributed by atoms with Crippen molar-refractivity contribution in [2.45, 2.75) is 38.6 Å². The zero-order valence-corrected chi connectivity index (χ0v) is 14.8. The van der Waals surface area contributed by atoms with E-state index in [0.29, 0.717) is 5.91 Å². The van der Waals surface area contributed by atoms with Crippen LogP contribution in [0.1, 0.15) is 37.7 Å². The molecule has 1 amide bonds. The minimum atomic E-state index is 0.370. The number of hydrogen-bond acceptors (Lipinski definition) is 3. The molecule has 1 aromatic carbocycles. The maximum Gasteiger partial charge on any atom is 0.222 e. The number of hydrogen-bond donors (Lipinski definition) is 1. The van der Waals surface area contributed by atoms with E-state index in [1.165, 1.54) is 18.4 Å². The maximum absolute atomic E-state index is 12.6. The Morgan fingerprint density at radius 3 is 2.62 bits per heavy atom. The molecule has 0 aliphatic carbocycles. The molecule has 24 heavy (non-hydrogen) atoms. The molecule has 0 unspecified atom stereocenters. The second kappa shape index (κ2) is 9.19. The monoisotopic (exact) mass is 329 g/mol.